The Balaban J connectivity index is 1.95. The van der Waals surface area contributed by atoms with E-state index in [9.17, 15) is 14.4 Å². The molecule has 0 aromatic heterocycles. The van der Waals surface area contributed by atoms with E-state index in [-0.39, 0.29) is 37.3 Å². The molecule has 3 rings (SSSR count). The molecule has 0 fully saturated rings. The van der Waals surface area contributed by atoms with Gasteiger partial charge >= 0.3 is 5.97 Å². The molecular weight excluding hydrogens is 404 g/mol. The van der Waals surface area contributed by atoms with Crippen molar-refractivity contribution in [2.75, 3.05) is 13.2 Å². The van der Waals surface area contributed by atoms with Crippen molar-refractivity contribution in [3.05, 3.63) is 78.0 Å². The van der Waals surface area contributed by atoms with Crippen LogP contribution in [-0.2, 0) is 25.5 Å². The number of amides is 2. The molecule has 1 unspecified atom stereocenters. The van der Waals surface area contributed by atoms with E-state index in [0.29, 0.717) is 12.1 Å². The Labute approximate surface area is 189 Å². The third kappa shape index (κ3) is 5.44. The van der Waals surface area contributed by atoms with Gasteiger partial charge in [0.05, 0.1) is 12.3 Å². The zero-order valence-electron chi connectivity index (χ0n) is 18.9. The van der Waals surface area contributed by atoms with E-state index >= 15 is 0 Å². The molecule has 1 heterocycles. The van der Waals surface area contributed by atoms with Gasteiger partial charge in [-0.1, -0.05) is 74.5 Å². The molecule has 6 nitrogen and oxygen atoms in total. The van der Waals surface area contributed by atoms with Gasteiger partial charge in [-0.3, -0.25) is 19.3 Å². The van der Waals surface area contributed by atoms with E-state index in [0.717, 1.165) is 11.1 Å². The third-order valence-corrected chi connectivity index (χ3v) is 5.42. The second kappa shape index (κ2) is 10.8. The maximum absolute atomic E-state index is 13.6. The van der Waals surface area contributed by atoms with E-state index in [1.165, 1.54) is 4.90 Å². The number of carbonyl (C=O) groups excluding carboxylic acids is 3. The normalized spacial score (nSPS) is 16.2. The smallest absolute Gasteiger partial charge is 0.326 e. The summed E-state index contributed by atoms with van der Waals surface area (Å²) in [7, 11) is 0. The predicted molar refractivity (Wildman–Crippen MR) is 123 cm³/mol. The van der Waals surface area contributed by atoms with Gasteiger partial charge in [-0.2, -0.15) is 0 Å². The van der Waals surface area contributed by atoms with Gasteiger partial charge < -0.3 is 9.64 Å². The summed E-state index contributed by atoms with van der Waals surface area (Å²) >= 11 is 0. The van der Waals surface area contributed by atoms with Crippen molar-refractivity contribution in [3.8, 4) is 0 Å². The Kier molecular flexibility index (Phi) is 7.82. The van der Waals surface area contributed by atoms with E-state index in [1.807, 2.05) is 74.5 Å². The van der Waals surface area contributed by atoms with Gasteiger partial charge in [-0.15, -0.1) is 0 Å². The summed E-state index contributed by atoms with van der Waals surface area (Å²) < 4.78 is 5.09. The Morgan fingerprint density at radius 1 is 1.00 bits per heavy atom. The minimum Gasteiger partial charge on any atom is -0.465 e. The van der Waals surface area contributed by atoms with Gasteiger partial charge in [0.25, 0.3) is 5.91 Å². The van der Waals surface area contributed by atoms with Gasteiger partial charge in [0.2, 0.25) is 5.91 Å². The number of benzene rings is 2. The summed E-state index contributed by atoms with van der Waals surface area (Å²) in [6, 6.07) is 18.4. The van der Waals surface area contributed by atoms with Gasteiger partial charge in [-0.25, -0.2) is 0 Å². The first kappa shape index (κ1) is 23.3. The van der Waals surface area contributed by atoms with Crippen molar-refractivity contribution in [3.63, 3.8) is 0 Å². The van der Waals surface area contributed by atoms with Crippen molar-refractivity contribution in [2.45, 2.75) is 39.7 Å². The molecule has 6 heteroatoms. The first-order valence-corrected chi connectivity index (χ1v) is 11.0. The van der Waals surface area contributed by atoms with Crippen molar-refractivity contribution in [2.24, 2.45) is 5.92 Å². The maximum atomic E-state index is 13.6. The molecule has 168 valence electrons. The zero-order valence-corrected chi connectivity index (χ0v) is 18.9. The summed E-state index contributed by atoms with van der Waals surface area (Å²) in [5.41, 5.74) is 2.35. The lowest BCUT2D eigenvalue weighted by molar-refractivity contribution is -0.151. The Morgan fingerprint density at radius 3 is 2.22 bits per heavy atom. The van der Waals surface area contributed by atoms with Crippen LogP contribution in [0.1, 0.15) is 38.3 Å². The molecule has 0 radical (unpaired) electrons. The monoisotopic (exact) mass is 434 g/mol. The molecule has 0 saturated carbocycles. The molecule has 0 spiro atoms. The van der Waals surface area contributed by atoms with Crippen LogP contribution in [0.5, 0.6) is 0 Å². The van der Waals surface area contributed by atoms with E-state index in [1.54, 1.807) is 18.0 Å². The molecule has 0 bridgehead atoms. The molecule has 1 atom stereocenters. The Morgan fingerprint density at radius 2 is 1.62 bits per heavy atom. The fourth-order valence-corrected chi connectivity index (χ4v) is 3.88. The van der Waals surface area contributed by atoms with Crippen LogP contribution in [0, 0.1) is 5.92 Å². The van der Waals surface area contributed by atoms with E-state index in [4.69, 9.17) is 4.74 Å². The SMILES string of the molecule is CCOC(=O)CN1C(=O)C(C(C)C)N(C(=O)CCc2ccccc2)C=C1c1ccccc1. The lowest BCUT2D eigenvalue weighted by Gasteiger charge is -2.41. The Hall–Kier alpha value is -3.41. The van der Waals surface area contributed by atoms with Crippen molar-refractivity contribution < 1.29 is 19.1 Å². The van der Waals surface area contributed by atoms with Crippen molar-refractivity contribution >= 4 is 23.5 Å². The van der Waals surface area contributed by atoms with Gasteiger partial charge in [-0.05, 0) is 30.4 Å². The fourth-order valence-electron chi connectivity index (χ4n) is 3.88. The van der Waals surface area contributed by atoms with Crippen LogP contribution in [0.4, 0.5) is 0 Å². The molecular formula is C26H30N2O4. The lowest BCUT2D eigenvalue weighted by atomic mass is 9.96. The standard InChI is InChI=1S/C26H30N2O4/c1-4-32-24(30)18-27-22(21-13-9-6-10-14-21)17-28(25(19(2)3)26(27)31)23(29)16-15-20-11-7-5-8-12-20/h5-14,17,19,25H,4,15-16,18H2,1-3H3. The van der Waals surface area contributed by atoms with Crippen molar-refractivity contribution in [1.82, 2.24) is 9.80 Å². The average Bonchev–Trinajstić information content (AvgIpc) is 2.79. The highest BCUT2D eigenvalue weighted by atomic mass is 16.5. The van der Waals surface area contributed by atoms with Crippen LogP contribution >= 0.6 is 0 Å². The van der Waals surface area contributed by atoms with Crippen molar-refractivity contribution in [1.29, 1.82) is 0 Å². The van der Waals surface area contributed by atoms with Crippen LogP contribution in [0.2, 0.25) is 0 Å². The molecule has 0 N–H and O–H groups in total. The number of carbonyl (C=O) groups is 3. The molecule has 2 aromatic carbocycles. The number of hydrogen-bond donors (Lipinski definition) is 0. The summed E-state index contributed by atoms with van der Waals surface area (Å²) in [4.78, 5) is 42.1. The number of rotatable bonds is 8. The molecule has 0 aliphatic carbocycles. The zero-order chi connectivity index (χ0) is 23.1. The first-order chi connectivity index (χ1) is 15.4. The molecule has 0 saturated heterocycles. The molecule has 1 aliphatic heterocycles. The average molecular weight is 435 g/mol. The van der Waals surface area contributed by atoms with Crippen LogP contribution in [0.25, 0.3) is 5.70 Å². The minimum absolute atomic E-state index is 0.120. The molecule has 1 aliphatic rings. The second-order valence-electron chi connectivity index (χ2n) is 8.09. The maximum Gasteiger partial charge on any atom is 0.326 e. The largest absolute Gasteiger partial charge is 0.465 e. The second-order valence-corrected chi connectivity index (χ2v) is 8.09. The summed E-state index contributed by atoms with van der Waals surface area (Å²) in [5, 5.41) is 0. The predicted octanol–water partition coefficient (Wildman–Crippen LogP) is 3.88. The van der Waals surface area contributed by atoms with E-state index in [2.05, 4.69) is 0 Å². The van der Waals surface area contributed by atoms with Crippen LogP contribution in [0.3, 0.4) is 0 Å². The molecule has 2 amide bonds. The Bertz CT molecular complexity index is 970. The highest BCUT2D eigenvalue weighted by Gasteiger charge is 2.40. The molecule has 32 heavy (non-hydrogen) atoms. The number of aryl methyl sites for hydroxylation is 1. The van der Waals surface area contributed by atoms with Crippen LogP contribution < -0.4 is 0 Å². The summed E-state index contributed by atoms with van der Waals surface area (Å²) in [6.45, 7) is 5.59. The highest BCUT2D eigenvalue weighted by Crippen LogP contribution is 2.30. The first-order valence-electron chi connectivity index (χ1n) is 11.0. The summed E-state index contributed by atoms with van der Waals surface area (Å²) in [6.07, 6.45) is 2.60. The fraction of sp³-hybridized carbons (Fsp3) is 0.346. The van der Waals surface area contributed by atoms with Crippen LogP contribution in [-0.4, -0.2) is 46.8 Å². The minimum atomic E-state index is -0.680. The quantitative estimate of drug-likeness (QED) is 0.592. The number of nitrogens with zero attached hydrogens (tertiary/aromatic N) is 2. The van der Waals surface area contributed by atoms with Crippen LogP contribution in [0.15, 0.2) is 66.9 Å². The van der Waals surface area contributed by atoms with Gasteiger partial charge in [0.15, 0.2) is 0 Å². The molecule has 2 aromatic rings. The summed E-state index contributed by atoms with van der Waals surface area (Å²) in [5.74, 6) is -0.997. The highest BCUT2D eigenvalue weighted by molar-refractivity contribution is 5.99. The number of hydrogen-bond acceptors (Lipinski definition) is 4. The number of ether oxygens (including phenoxy) is 1. The van der Waals surface area contributed by atoms with Gasteiger partial charge in [0, 0.05) is 12.6 Å². The topological polar surface area (TPSA) is 66.9 Å². The lowest BCUT2D eigenvalue weighted by Crippen LogP contribution is -2.55. The van der Waals surface area contributed by atoms with Gasteiger partial charge in [0.1, 0.15) is 12.6 Å². The number of esters is 1. The van der Waals surface area contributed by atoms with E-state index < -0.39 is 12.0 Å². The third-order valence-electron chi connectivity index (χ3n) is 5.42.